The Morgan fingerprint density at radius 1 is 0.594 bits per heavy atom. The van der Waals surface area contributed by atoms with Gasteiger partial charge in [0.15, 0.2) is 11.6 Å². The highest BCUT2D eigenvalue weighted by Crippen LogP contribution is 2.42. The topological polar surface area (TPSA) is 276 Å². The summed E-state index contributed by atoms with van der Waals surface area (Å²) in [6, 6.07) is 18.1. The minimum atomic E-state index is -4.81. The molecule has 6 aromatic heterocycles. The number of ether oxygens (including phenoxy) is 4. The number of halogens is 9. The predicted octanol–water partition coefficient (Wildman–Crippen LogP) is 8.36. The Labute approximate surface area is 560 Å². The second-order valence-corrected chi connectivity index (χ2v) is 25.9. The van der Waals surface area contributed by atoms with Gasteiger partial charge < -0.3 is 28.3 Å². The van der Waals surface area contributed by atoms with Gasteiger partial charge in [0.25, 0.3) is 11.1 Å². The van der Waals surface area contributed by atoms with Crippen molar-refractivity contribution >= 4 is 80.4 Å². The Balaban J connectivity index is 0.000000213. The van der Waals surface area contributed by atoms with Gasteiger partial charge in [-0.25, -0.2) is 18.7 Å². The van der Waals surface area contributed by atoms with Crippen molar-refractivity contribution in [3.8, 4) is 45.8 Å². The number of nitrogens with one attached hydrogen (secondary N) is 2. The van der Waals surface area contributed by atoms with Crippen molar-refractivity contribution in [1.82, 2.24) is 48.1 Å². The number of hydrogen-bond donors (Lipinski definition) is 2. The SMILES string of the molecule is COc1cc(-c2cnc(OC)c(C(F)(F)F)c2)c(F)cc1-n1c2c(ccc1=O)CN(S(=O)(=O)Nc1cccnn1)CC2.COc1cc(Br)c(F)cc1-n1c2c(ccc1=O)CN(S(=O)(=O)Nc1cccnn1)CC2.COc1ncc(B2OC(C)(C)C(C)(C)O2)cc1C(F)(F)F.P.P. The van der Waals surface area contributed by atoms with Crippen molar-refractivity contribution in [2.24, 2.45) is 0 Å². The van der Waals surface area contributed by atoms with Crippen molar-refractivity contribution in [2.45, 2.75) is 77.2 Å². The van der Waals surface area contributed by atoms with Crippen molar-refractivity contribution in [3.05, 3.63) is 180 Å². The maximum Gasteiger partial charge on any atom is 0.496 e. The zero-order valence-corrected chi connectivity index (χ0v) is 58.3. The fraction of sp³-hybridized carbons (Fsp3) is 0.310. The van der Waals surface area contributed by atoms with Gasteiger partial charge in [0.05, 0.1) is 55.5 Å². The zero-order chi connectivity index (χ0) is 68.5. The number of aromatic nitrogens is 8. The fourth-order valence-electron chi connectivity index (χ4n) is 9.98. The Morgan fingerprint density at radius 3 is 1.46 bits per heavy atom. The Kier molecular flexibility index (Phi) is 23.5. The lowest BCUT2D eigenvalue weighted by atomic mass is 9.79. The standard InChI is InChI=1S/C26H22F4N6O5S.C19H17BrFN5O4S.C13H17BF3NO3.2H3P/c1-40-22-11-17(16-10-18(26(28,29)30)25(41-2)31-13-16)19(27)12-21(22)36-20-7-9-35(14-15(20)5-6-24(36)37)42(38,39)34-23-4-3-8-32-33-23;1-30-17-9-13(20)14(21)10-16(17)26-15-6-8-25(11-12(15)4-5-19(26)27)31(28,29)24-18-3-2-7-22-23-18;1-11(2)12(3,4)21-14(20-11)8-6-9(13(15,16)17)10(19-5)18-7-8;;/h3-6,8,10-13H,7,9,14H2,1-2H3,(H,33,34);2-5,7,9-10H,6,8,11H2,1H3,(H,23,24);6-7H,1-5H3;2*1H3. The van der Waals surface area contributed by atoms with Crippen molar-refractivity contribution in [1.29, 1.82) is 0 Å². The summed E-state index contributed by atoms with van der Waals surface area (Å²) < 4.78 is 202. The van der Waals surface area contributed by atoms with Gasteiger partial charge in [-0.1, -0.05) is 12.1 Å². The highest BCUT2D eigenvalue weighted by Gasteiger charge is 2.52. The van der Waals surface area contributed by atoms with Gasteiger partial charge in [0, 0.05) is 116 Å². The number of nitrogens with zero attached hydrogens (tertiary/aromatic N) is 10. The summed E-state index contributed by atoms with van der Waals surface area (Å²) >= 11 is 3.11. The first-order valence-corrected chi connectivity index (χ1v) is 31.5. The summed E-state index contributed by atoms with van der Waals surface area (Å²) in [5, 5.41) is 14.8. The normalized spacial score (nSPS) is 15.2. The molecule has 514 valence electrons. The lowest BCUT2D eigenvalue weighted by Gasteiger charge is -2.32. The van der Waals surface area contributed by atoms with Crippen LogP contribution < -0.4 is 45.0 Å². The Hall–Kier alpha value is -7.82. The summed E-state index contributed by atoms with van der Waals surface area (Å²) in [6.07, 6.45) is -3.90. The molecule has 1 fully saturated rings. The molecule has 9 heterocycles. The summed E-state index contributed by atoms with van der Waals surface area (Å²) in [4.78, 5) is 33.1. The first-order chi connectivity index (χ1) is 44.2. The molecule has 1 saturated heterocycles. The first kappa shape index (κ1) is 75.6. The molecule has 96 heavy (non-hydrogen) atoms. The number of benzene rings is 2. The molecule has 3 aliphatic heterocycles. The second-order valence-electron chi connectivity index (χ2n) is 21.7. The average Bonchev–Trinajstić information content (AvgIpc) is 1.53. The summed E-state index contributed by atoms with van der Waals surface area (Å²) in [7, 11) is -3.94. The minimum Gasteiger partial charge on any atom is -0.495 e. The van der Waals surface area contributed by atoms with Crippen LogP contribution in [0.3, 0.4) is 0 Å². The molecular formula is C58H62BBrF8N12O12P2S2. The van der Waals surface area contributed by atoms with Gasteiger partial charge in [0.1, 0.15) is 34.3 Å². The van der Waals surface area contributed by atoms with Crippen LogP contribution in [-0.4, -0.2) is 125 Å². The molecule has 0 bridgehead atoms. The van der Waals surface area contributed by atoms with E-state index in [9.17, 15) is 57.2 Å². The largest absolute Gasteiger partial charge is 0.496 e. The van der Waals surface area contributed by atoms with Gasteiger partial charge in [-0.05, 0) is 103 Å². The molecule has 38 heteroatoms. The van der Waals surface area contributed by atoms with E-state index in [4.69, 9.17) is 23.5 Å². The number of rotatable bonds is 14. The van der Waals surface area contributed by atoms with E-state index in [1.165, 1.54) is 101 Å². The van der Waals surface area contributed by atoms with Crippen LogP contribution in [0, 0.1) is 11.6 Å². The molecule has 0 amide bonds. The van der Waals surface area contributed by atoms with Gasteiger partial charge in [0.2, 0.25) is 11.8 Å². The van der Waals surface area contributed by atoms with E-state index < -0.39 is 91.2 Å². The smallest absolute Gasteiger partial charge is 0.495 e. The van der Waals surface area contributed by atoms with Crippen LogP contribution in [0.2, 0.25) is 0 Å². The summed E-state index contributed by atoms with van der Waals surface area (Å²) in [5.41, 5.74) is -2.17. The van der Waals surface area contributed by atoms with Crippen LogP contribution in [-0.2, 0) is 68.0 Å². The monoisotopic (exact) mass is 1490 g/mol. The lowest BCUT2D eigenvalue weighted by molar-refractivity contribution is -0.139. The quantitative estimate of drug-likeness (QED) is 0.0587. The van der Waals surface area contributed by atoms with Crippen LogP contribution >= 0.6 is 35.7 Å². The molecule has 2 N–H and O–H groups in total. The third kappa shape index (κ3) is 16.4. The van der Waals surface area contributed by atoms with Crippen LogP contribution in [0.5, 0.6) is 23.3 Å². The molecule has 24 nitrogen and oxygen atoms in total. The minimum absolute atomic E-state index is 0. The van der Waals surface area contributed by atoms with Gasteiger partial charge in [-0.2, -0.15) is 81.8 Å². The third-order valence-corrected chi connectivity index (χ3v) is 18.8. The average molecular weight is 1490 g/mol. The van der Waals surface area contributed by atoms with E-state index in [-0.39, 0.29) is 114 Å². The van der Waals surface area contributed by atoms with Crippen LogP contribution in [0.4, 0.5) is 46.8 Å². The molecule has 8 aromatic rings. The Bertz CT molecular complexity index is 4510. The van der Waals surface area contributed by atoms with Gasteiger partial charge in [-0.15, -0.1) is 10.2 Å². The van der Waals surface area contributed by atoms with E-state index in [1.807, 2.05) is 27.7 Å². The number of methoxy groups -OCH3 is 4. The number of pyridine rings is 4. The van der Waals surface area contributed by atoms with Crippen LogP contribution in [0.1, 0.15) is 61.3 Å². The molecule has 3 aliphatic rings. The molecule has 2 atom stereocenters. The maximum atomic E-state index is 15.5. The lowest BCUT2D eigenvalue weighted by Crippen LogP contribution is -2.41. The first-order valence-electron chi connectivity index (χ1n) is 27.8. The van der Waals surface area contributed by atoms with E-state index in [1.54, 1.807) is 12.1 Å². The van der Waals surface area contributed by atoms with Crippen molar-refractivity contribution in [2.75, 3.05) is 51.0 Å². The van der Waals surface area contributed by atoms with E-state index in [0.717, 1.165) is 36.9 Å². The predicted molar refractivity (Wildman–Crippen MR) is 351 cm³/mol. The maximum absolute atomic E-state index is 15.5. The van der Waals surface area contributed by atoms with Crippen LogP contribution in [0.15, 0.2) is 124 Å². The highest BCUT2D eigenvalue weighted by atomic mass is 79.9. The molecular weight excluding hydrogens is 1430 g/mol. The summed E-state index contributed by atoms with van der Waals surface area (Å²) in [6.45, 7) is 7.34. The van der Waals surface area contributed by atoms with Crippen molar-refractivity contribution in [3.63, 3.8) is 0 Å². The highest BCUT2D eigenvalue weighted by molar-refractivity contribution is 9.10. The van der Waals surface area contributed by atoms with Crippen LogP contribution in [0.25, 0.3) is 22.5 Å². The zero-order valence-electron chi connectivity index (χ0n) is 52.2. The molecule has 2 unspecified atom stereocenters. The van der Waals surface area contributed by atoms with E-state index in [0.29, 0.717) is 34.3 Å². The third-order valence-electron chi connectivity index (χ3n) is 15.3. The molecule has 0 saturated carbocycles. The van der Waals surface area contributed by atoms with E-state index in [2.05, 4.69) is 60.5 Å². The summed E-state index contributed by atoms with van der Waals surface area (Å²) in [5.74, 6) is -2.19. The number of fused-ring (bicyclic) bond motifs is 2. The Morgan fingerprint density at radius 2 is 1.03 bits per heavy atom. The molecule has 0 radical (unpaired) electrons. The second kappa shape index (κ2) is 29.9. The van der Waals surface area contributed by atoms with Gasteiger partial charge >= 0.3 is 39.9 Å². The van der Waals surface area contributed by atoms with E-state index >= 15 is 4.39 Å². The van der Waals surface area contributed by atoms with Gasteiger partial charge in [-0.3, -0.25) is 28.2 Å². The van der Waals surface area contributed by atoms with Crippen molar-refractivity contribution < 1.29 is 80.2 Å². The number of alkyl halides is 6. The molecule has 2 aromatic carbocycles. The number of hydrogen-bond acceptors (Lipinski definition) is 18. The number of anilines is 2. The fourth-order valence-corrected chi connectivity index (χ4v) is 12.6. The molecule has 0 spiro atoms. The molecule has 0 aliphatic carbocycles. The molecule has 11 rings (SSSR count).